The maximum atomic E-state index is 14.2. The minimum absolute atomic E-state index is 0.307. The average molecular weight is 280 g/mol. The zero-order valence-corrected chi connectivity index (χ0v) is 10.7. The Balaban J connectivity index is 2.01. The van der Waals surface area contributed by atoms with Crippen LogP contribution >= 0.6 is 0 Å². The van der Waals surface area contributed by atoms with Gasteiger partial charge in [0, 0.05) is 17.8 Å². The van der Waals surface area contributed by atoms with Gasteiger partial charge in [0.05, 0.1) is 5.39 Å². The number of nitrogens with one attached hydrogen (secondary N) is 1. The molecule has 0 aliphatic carbocycles. The fraction of sp³-hybridized carbons (Fsp3) is 0. The lowest BCUT2D eigenvalue weighted by Gasteiger charge is -2.05. The van der Waals surface area contributed by atoms with Crippen molar-refractivity contribution in [3.05, 3.63) is 65.2 Å². The van der Waals surface area contributed by atoms with Gasteiger partial charge in [0.15, 0.2) is 5.65 Å². The number of rotatable bonds is 1. The fourth-order valence-corrected chi connectivity index (χ4v) is 2.42. The number of hydrogen-bond donors (Lipinski definition) is 1. The summed E-state index contributed by atoms with van der Waals surface area (Å²) < 4.78 is 15.9. The highest BCUT2D eigenvalue weighted by molar-refractivity contribution is 5.87. The Hall–Kier alpha value is -3.02. The summed E-state index contributed by atoms with van der Waals surface area (Å²) in [5.41, 5.74) is 1.81. The van der Waals surface area contributed by atoms with Crippen molar-refractivity contribution in [1.82, 2.24) is 19.6 Å². The number of halogens is 1. The van der Waals surface area contributed by atoms with Crippen LogP contribution in [0.5, 0.6) is 0 Å². The van der Waals surface area contributed by atoms with E-state index in [1.807, 2.05) is 6.07 Å². The monoisotopic (exact) mass is 280 g/mol. The highest BCUT2D eigenvalue weighted by Crippen LogP contribution is 2.25. The van der Waals surface area contributed by atoms with E-state index in [0.29, 0.717) is 22.0 Å². The van der Waals surface area contributed by atoms with Crippen LogP contribution in [0, 0.1) is 5.82 Å². The Kier molecular flexibility index (Phi) is 2.38. The zero-order valence-electron chi connectivity index (χ0n) is 10.7. The molecule has 6 heteroatoms. The summed E-state index contributed by atoms with van der Waals surface area (Å²) in [5, 5.41) is 8.36. The van der Waals surface area contributed by atoms with Crippen LogP contribution in [0.4, 0.5) is 4.39 Å². The van der Waals surface area contributed by atoms with Gasteiger partial charge in [0.2, 0.25) is 0 Å². The van der Waals surface area contributed by atoms with E-state index in [1.165, 1.54) is 12.3 Å². The second kappa shape index (κ2) is 4.24. The summed E-state index contributed by atoms with van der Waals surface area (Å²) in [6.07, 6.45) is 4.81. The summed E-state index contributed by atoms with van der Waals surface area (Å²) in [5.74, 6) is -0.419. The lowest BCUT2D eigenvalue weighted by atomic mass is 10.0. The van der Waals surface area contributed by atoms with Crippen LogP contribution in [0.25, 0.3) is 27.5 Å². The van der Waals surface area contributed by atoms with Crippen LogP contribution in [-0.2, 0) is 0 Å². The molecule has 0 bridgehead atoms. The van der Waals surface area contributed by atoms with Crippen molar-refractivity contribution in [1.29, 1.82) is 0 Å². The molecule has 0 fully saturated rings. The number of pyridine rings is 2. The molecule has 0 saturated carbocycles. The van der Waals surface area contributed by atoms with Crippen molar-refractivity contribution < 1.29 is 4.39 Å². The van der Waals surface area contributed by atoms with Gasteiger partial charge in [-0.1, -0.05) is 0 Å². The van der Waals surface area contributed by atoms with E-state index >= 15 is 0 Å². The molecule has 0 aliphatic heterocycles. The van der Waals surface area contributed by atoms with E-state index in [9.17, 15) is 9.18 Å². The summed E-state index contributed by atoms with van der Waals surface area (Å²) in [7, 11) is 0. The van der Waals surface area contributed by atoms with Gasteiger partial charge in [0.1, 0.15) is 12.1 Å². The largest absolute Gasteiger partial charge is 0.329 e. The molecule has 1 aromatic carbocycles. The third-order valence-electron chi connectivity index (χ3n) is 3.46. The van der Waals surface area contributed by atoms with Crippen molar-refractivity contribution in [2.75, 3.05) is 0 Å². The molecule has 0 spiro atoms. The highest BCUT2D eigenvalue weighted by atomic mass is 19.1. The second-order valence-corrected chi connectivity index (χ2v) is 4.74. The van der Waals surface area contributed by atoms with Gasteiger partial charge in [-0.15, -0.1) is 10.2 Å². The molecule has 3 aromatic heterocycles. The first-order chi connectivity index (χ1) is 10.2. The number of aromatic nitrogens is 4. The Morgan fingerprint density at radius 1 is 1.10 bits per heavy atom. The Morgan fingerprint density at radius 3 is 2.90 bits per heavy atom. The molecule has 0 amide bonds. The molecule has 4 rings (SSSR count). The van der Waals surface area contributed by atoms with E-state index in [4.69, 9.17) is 0 Å². The van der Waals surface area contributed by atoms with Crippen molar-refractivity contribution >= 4 is 16.4 Å². The summed E-state index contributed by atoms with van der Waals surface area (Å²) in [6.45, 7) is 0. The third kappa shape index (κ3) is 1.80. The second-order valence-electron chi connectivity index (χ2n) is 4.74. The molecular formula is C15H9FN4O. The van der Waals surface area contributed by atoms with Gasteiger partial charge in [-0.05, 0) is 41.5 Å². The molecule has 0 aliphatic rings. The Labute approximate surface area is 117 Å². The smallest absolute Gasteiger partial charge is 0.255 e. The van der Waals surface area contributed by atoms with Gasteiger partial charge in [-0.25, -0.2) is 4.39 Å². The van der Waals surface area contributed by atoms with Crippen LogP contribution in [0.1, 0.15) is 0 Å². The van der Waals surface area contributed by atoms with E-state index in [-0.39, 0.29) is 5.56 Å². The van der Waals surface area contributed by atoms with Gasteiger partial charge < -0.3 is 4.98 Å². The average Bonchev–Trinajstić information content (AvgIpc) is 2.95. The summed E-state index contributed by atoms with van der Waals surface area (Å²) >= 11 is 0. The maximum absolute atomic E-state index is 14.2. The van der Waals surface area contributed by atoms with Crippen molar-refractivity contribution in [2.24, 2.45) is 0 Å². The zero-order chi connectivity index (χ0) is 14.4. The topological polar surface area (TPSA) is 63.0 Å². The Morgan fingerprint density at radius 2 is 2.00 bits per heavy atom. The van der Waals surface area contributed by atoms with Crippen LogP contribution in [0.3, 0.4) is 0 Å². The summed E-state index contributed by atoms with van der Waals surface area (Å²) in [6, 6.07) is 8.27. The van der Waals surface area contributed by atoms with Crippen LogP contribution in [-0.4, -0.2) is 19.6 Å². The SMILES string of the molecule is O=c1[nH]ccc2c(F)cc(-c3ccc4nncn4c3)cc12. The number of nitrogens with zero attached hydrogens (tertiary/aromatic N) is 3. The fourth-order valence-electron chi connectivity index (χ4n) is 2.42. The van der Waals surface area contributed by atoms with Crippen LogP contribution in [0.15, 0.2) is 53.8 Å². The lowest BCUT2D eigenvalue weighted by molar-refractivity contribution is 0.640. The van der Waals surface area contributed by atoms with Crippen molar-refractivity contribution in [3.8, 4) is 11.1 Å². The predicted molar refractivity (Wildman–Crippen MR) is 76.5 cm³/mol. The number of fused-ring (bicyclic) bond motifs is 2. The molecule has 21 heavy (non-hydrogen) atoms. The Bertz CT molecular complexity index is 1030. The lowest BCUT2D eigenvalue weighted by Crippen LogP contribution is -2.05. The molecular weight excluding hydrogens is 271 g/mol. The standard InChI is InChI=1S/C15H9FN4O/c16-13-6-10(5-12-11(13)3-4-17-15(12)21)9-1-2-14-19-18-8-20(14)7-9/h1-8H,(H,17,21). The third-order valence-corrected chi connectivity index (χ3v) is 3.46. The first-order valence-electron chi connectivity index (χ1n) is 6.33. The molecule has 4 aromatic rings. The predicted octanol–water partition coefficient (Wildman–Crippen LogP) is 2.38. The minimum atomic E-state index is -0.419. The number of H-pyrrole nitrogens is 1. The molecule has 0 atom stereocenters. The molecule has 3 heterocycles. The molecule has 102 valence electrons. The first-order valence-corrected chi connectivity index (χ1v) is 6.33. The number of hydrogen-bond acceptors (Lipinski definition) is 3. The van der Waals surface area contributed by atoms with Gasteiger partial charge in [-0.2, -0.15) is 0 Å². The molecule has 5 nitrogen and oxygen atoms in total. The van der Waals surface area contributed by atoms with Crippen LogP contribution in [0.2, 0.25) is 0 Å². The van der Waals surface area contributed by atoms with E-state index in [2.05, 4.69) is 15.2 Å². The van der Waals surface area contributed by atoms with Crippen LogP contribution < -0.4 is 5.56 Å². The molecule has 0 saturated heterocycles. The van der Waals surface area contributed by atoms with E-state index < -0.39 is 5.82 Å². The summed E-state index contributed by atoms with van der Waals surface area (Å²) in [4.78, 5) is 14.4. The minimum Gasteiger partial charge on any atom is -0.329 e. The molecule has 0 radical (unpaired) electrons. The quantitative estimate of drug-likeness (QED) is 0.582. The molecule has 1 N–H and O–H groups in total. The highest BCUT2D eigenvalue weighted by Gasteiger charge is 2.09. The van der Waals surface area contributed by atoms with Crippen molar-refractivity contribution in [2.45, 2.75) is 0 Å². The number of aromatic amines is 1. The molecule has 0 unspecified atom stereocenters. The van der Waals surface area contributed by atoms with E-state index in [1.54, 1.807) is 35.1 Å². The number of benzene rings is 1. The van der Waals surface area contributed by atoms with Gasteiger partial charge in [0.25, 0.3) is 5.56 Å². The normalized spacial score (nSPS) is 11.3. The van der Waals surface area contributed by atoms with Gasteiger partial charge in [-0.3, -0.25) is 9.20 Å². The van der Waals surface area contributed by atoms with E-state index in [0.717, 1.165) is 5.56 Å². The first kappa shape index (κ1) is 11.8. The maximum Gasteiger partial charge on any atom is 0.255 e. The van der Waals surface area contributed by atoms with Gasteiger partial charge >= 0.3 is 0 Å². The van der Waals surface area contributed by atoms with Crippen molar-refractivity contribution in [3.63, 3.8) is 0 Å².